The van der Waals surface area contributed by atoms with E-state index in [0.717, 1.165) is 25.2 Å². The first-order valence-electron chi connectivity index (χ1n) is 7.58. The van der Waals surface area contributed by atoms with Gasteiger partial charge >= 0.3 is 0 Å². The zero-order chi connectivity index (χ0) is 12.8. The molecule has 2 saturated heterocycles. The Bertz CT molecular complexity index is 194. The molecule has 0 amide bonds. The number of rotatable bonds is 5. The molecule has 2 rings (SSSR count). The first-order chi connectivity index (χ1) is 8.74. The van der Waals surface area contributed by atoms with Gasteiger partial charge in [-0.05, 0) is 66.0 Å². The monoisotopic (exact) mass is 254 g/mol. The Kier molecular flexibility index (Phi) is 5.89. The third kappa shape index (κ3) is 4.84. The molecule has 4 heteroatoms. The fourth-order valence-corrected chi connectivity index (χ4v) is 2.98. The van der Waals surface area contributed by atoms with Crippen LogP contribution in [0.5, 0.6) is 0 Å². The van der Waals surface area contributed by atoms with Gasteiger partial charge in [-0.15, -0.1) is 0 Å². The molecule has 0 saturated carbocycles. The van der Waals surface area contributed by atoms with Crippen molar-refractivity contribution in [2.24, 2.45) is 0 Å². The van der Waals surface area contributed by atoms with Gasteiger partial charge in [-0.2, -0.15) is 0 Å². The van der Waals surface area contributed by atoms with E-state index in [-0.39, 0.29) is 0 Å². The second-order valence-corrected chi connectivity index (χ2v) is 6.06. The molecule has 2 aliphatic heterocycles. The summed E-state index contributed by atoms with van der Waals surface area (Å²) in [5, 5.41) is 7.38. The molecule has 2 N–H and O–H groups in total. The summed E-state index contributed by atoms with van der Waals surface area (Å²) < 4.78 is 0. The van der Waals surface area contributed by atoms with Crippen LogP contribution in [-0.2, 0) is 0 Å². The van der Waals surface area contributed by atoms with E-state index in [1.54, 1.807) is 0 Å². The molecule has 0 spiro atoms. The Labute approximate surface area is 112 Å². The highest BCUT2D eigenvalue weighted by molar-refractivity contribution is 4.78. The molecule has 0 radical (unpaired) electrons. The van der Waals surface area contributed by atoms with Crippen molar-refractivity contribution in [2.75, 3.05) is 53.4 Å². The van der Waals surface area contributed by atoms with Gasteiger partial charge in [-0.1, -0.05) is 0 Å². The van der Waals surface area contributed by atoms with E-state index < -0.39 is 0 Å². The molecule has 0 atom stereocenters. The normalized spacial score (nSPS) is 25.7. The summed E-state index contributed by atoms with van der Waals surface area (Å²) in [5.74, 6) is 0. The molecule has 0 unspecified atom stereocenters. The number of nitrogens with zero attached hydrogens (tertiary/aromatic N) is 2. The molecule has 0 bridgehead atoms. The van der Waals surface area contributed by atoms with Crippen LogP contribution < -0.4 is 10.6 Å². The van der Waals surface area contributed by atoms with Gasteiger partial charge in [0.1, 0.15) is 0 Å². The molecule has 0 aliphatic carbocycles. The molecule has 2 heterocycles. The number of likely N-dealkylation sites (tertiary alicyclic amines) is 2. The molecule has 2 fully saturated rings. The van der Waals surface area contributed by atoms with Gasteiger partial charge in [0, 0.05) is 25.2 Å². The number of nitrogens with one attached hydrogen (secondary N) is 2. The van der Waals surface area contributed by atoms with Crippen molar-refractivity contribution in [3.63, 3.8) is 0 Å². The summed E-state index contributed by atoms with van der Waals surface area (Å²) in [7, 11) is 4.44. The summed E-state index contributed by atoms with van der Waals surface area (Å²) >= 11 is 0. The number of piperidine rings is 2. The van der Waals surface area contributed by atoms with E-state index in [9.17, 15) is 0 Å². The first kappa shape index (κ1) is 14.3. The summed E-state index contributed by atoms with van der Waals surface area (Å²) in [6.45, 7) is 7.25. The minimum Gasteiger partial charge on any atom is -0.313 e. The largest absolute Gasteiger partial charge is 0.313 e. The summed E-state index contributed by atoms with van der Waals surface area (Å²) in [4.78, 5) is 4.85. The smallest absolute Gasteiger partial charge is 0.00919 e. The third-order valence-electron chi connectivity index (χ3n) is 4.43. The van der Waals surface area contributed by atoms with Gasteiger partial charge in [-0.3, -0.25) is 0 Å². The lowest BCUT2D eigenvalue weighted by atomic mass is 10.1. The molecule has 18 heavy (non-hydrogen) atoms. The lowest BCUT2D eigenvalue weighted by Gasteiger charge is -2.31. The lowest BCUT2D eigenvalue weighted by molar-refractivity contribution is 0.225. The van der Waals surface area contributed by atoms with Crippen LogP contribution >= 0.6 is 0 Å². The quantitative estimate of drug-likeness (QED) is 0.693. The maximum atomic E-state index is 3.69. The van der Waals surface area contributed by atoms with E-state index in [4.69, 9.17) is 0 Å². The molecular weight excluding hydrogens is 224 g/mol. The molecule has 2 aliphatic rings. The standard InChI is InChI=1S/C14H30N4/c1-17-9-3-13(4-10-17)15-7-8-16-14-5-11-18(2)12-6-14/h13-16H,3-12H2,1-2H3. The van der Waals surface area contributed by atoms with Gasteiger partial charge in [0.25, 0.3) is 0 Å². The summed E-state index contributed by atoms with van der Waals surface area (Å²) in [6, 6.07) is 1.50. The minimum absolute atomic E-state index is 0.750. The van der Waals surface area contributed by atoms with E-state index in [0.29, 0.717) is 0 Å². The fraction of sp³-hybridized carbons (Fsp3) is 1.00. The maximum Gasteiger partial charge on any atom is 0.00919 e. The average Bonchev–Trinajstić information content (AvgIpc) is 2.39. The second kappa shape index (κ2) is 7.43. The zero-order valence-electron chi connectivity index (χ0n) is 12.1. The van der Waals surface area contributed by atoms with E-state index in [1.807, 2.05) is 0 Å². The molecule has 4 nitrogen and oxygen atoms in total. The van der Waals surface area contributed by atoms with E-state index >= 15 is 0 Å². The highest BCUT2D eigenvalue weighted by Crippen LogP contribution is 2.08. The maximum absolute atomic E-state index is 3.69. The van der Waals surface area contributed by atoms with Crippen molar-refractivity contribution in [3.8, 4) is 0 Å². The van der Waals surface area contributed by atoms with Crippen LogP contribution in [-0.4, -0.2) is 75.2 Å². The van der Waals surface area contributed by atoms with Crippen molar-refractivity contribution < 1.29 is 0 Å². The molecule has 0 aromatic heterocycles. The van der Waals surface area contributed by atoms with Crippen LogP contribution in [0.25, 0.3) is 0 Å². The highest BCUT2D eigenvalue weighted by atomic mass is 15.1. The zero-order valence-corrected chi connectivity index (χ0v) is 12.1. The third-order valence-corrected chi connectivity index (χ3v) is 4.43. The lowest BCUT2D eigenvalue weighted by Crippen LogP contribution is -2.46. The van der Waals surface area contributed by atoms with Crippen molar-refractivity contribution in [1.29, 1.82) is 0 Å². The van der Waals surface area contributed by atoms with Crippen molar-refractivity contribution in [1.82, 2.24) is 20.4 Å². The van der Waals surface area contributed by atoms with Crippen LogP contribution in [0.2, 0.25) is 0 Å². The predicted octanol–water partition coefficient (Wildman–Crippen LogP) is 0.354. The molecule has 106 valence electrons. The Morgan fingerprint density at radius 3 is 1.39 bits per heavy atom. The first-order valence-corrected chi connectivity index (χ1v) is 7.58. The van der Waals surface area contributed by atoms with Crippen molar-refractivity contribution in [3.05, 3.63) is 0 Å². The van der Waals surface area contributed by atoms with Crippen LogP contribution in [0.3, 0.4) is 0 Å². The van der Waals surface area contributed by atoms with Crippen molar-refractivity contribution >= 4 is 0 Å². The van der Waals surface area contributed by atoms with Crippen LogP contribution in [0, 0.1) is 0 Å². The Morgan fingerprint density at radius 2 is 1.06 bits per heavy atom. The SMILES string of the molecule is CN1CCC(NCCNC2CCN(C)CC2)CC1. The second-order valence-electron chi connectivity index (χ2n) is 6.06. The summed E-state index contributed by atoms with van der Waals surface area (Å²) in [5.41, 5.74) is 0. The Hall–Kier alpha value is -0.160. The van der Waals surface area contributed by atoms with Crippen molar-refractivity contribution in [2.45, 2.75) is 37.8 Å². The van der Waals surface area contributed by atoms with Crippen LogP contribution in [0.1, 0.15) is 25.7 Å². The highest BCUT2D eigenvalue weighted by Gasteiger charge is 2.17. The number of hydrogen-bond donors (Lipinski definition) is 2. The molecule has 0 aromatic carbocycles. The summed E-state index contributed by atoms with van der Waals surface area (Å²) in [6.07, 6.45) is 5.24. The number of hydrogen-bond acceptors (Lipinski definition) is 4. The topological polar surface area (TPSA) is 30.5 Å². The van der Waals surface area contributed by atoms with Gasteiger partial charge in [-0.25, -0.2) is 0 Å². The van der Waals surface area contributed by atoms with Gasteiger partial charge < -0.3 is 20.4 Å². The van der Waals surface area contributed by atoms with Gasteiger partial charge in [0.15, 0.2) is 0 Å². The van der Waals surface area contributed by atoms with E-state index in [2.05, 4.69) is 34.5 Å². The Balaban J connectivity index is 1.48. The predicted molar refractivity (Wildman–Crippen MR) is 77.0 cm³/mol. The van der Waals surface area contributed by atoms with Gasteiger partial charge in [0.2, 0.25) is 0 Å². The van der Waals surface area contributed by atoms with Crippen LogP contribution in [0.15, 0.2) is 0 Å². The molecular formula is C14H30N4. The average molecular weight is 254 g/mol. The Morgan fingerprint density at radius 1 is 0.722 bits per heavy atom. The minimum atomic E-state index is 0.750. The fourth-order valence-electron chi connectivity index (χ4n) is 2.98. The van der Waals surface area contributed by atoms with Crippen LogP contribution in [0.4, 0.5) is 0 Å². The van der Waals surface area contributed by atoms with E-state index in [1.165, 1.54) is 51.9 Å². The van der Waals surface area contributed by atoms with Gasteiger partial charge in [0.05, 0.1) is 0 Å². The molecule has 0 aromatic rings.